The number of ether oxygens (including phenoxy) is 1. The lowest BCUT2D eigenvalue weighted by Crippen LogP contribution is -2.54. The number of nitrogens with one attached hydrogen (secondary N) is 1. The molecule has 0 radical (unpaired) electrons. The average molecular weight is 186 g/mol. The minimum atomic E-state index is -0.0105. The Morgan fingerprint density at radius 2 is 2.31 bits per heavy atom. The Morgan fingerprint density at radius 1 is 1.62 bits per heavy atom. The molecule has 0 aromatic rings. The van der Waals surface area contributed by atoms with Crippen LogP contribution in [0.15, 0.2) is 0 Å². The van der Waals surface area contributed by atoms with Gasteiger partial charge in [0.1, 0.15) is 0 Å². The first kappa shape index (κ1) is 10.5. The molecule has 0 saturated carbocycles. The quantitative estimate of drug-likeness (QED) is 0.631. The van der Waals surface area contributed by atoms with Crippen molar-refractivity contribution in [3.8, 4) is 0 Å². The Hall–Kier alpha value is -0.610. The molecule has 1 fully saturated rings. The molecule has 4 nitrogen and oxygen atoms in total. The molecule has 1 amide bonds. The number of hydrogen-bond donors (Lipinski definition) is 2. The highest BCUT2D eigenvalue weighted by molar-refractivity contribution is 5.78. The van der Waals surface area contributed by atoms with E-state index < -0.39 is 0 Å². The SMILES string of the molecule is CC(C)C(=O)NC1COCCC1N. The zero-order valence-electron chi connectivity index (χ0n) is 8.25. The summed E-state index contributed by atoms with van der Waals surface area (Å²) >= 11 is 0. The highest BCUT2D eigenvalue weighted by atomic mass is 16.5. The molecule has 1 aliphatic rings. The molecule has 0 aromatic carbocycles. The Balaban J connectivity index is 2.38. The van der Waals surface area contributed by atoms with Gasteiger partial charge in [-0.3, -0.25) is 4.79 Å². The van der Waals surface area contributed by atoms with Crippen molar-refractivity contribution in [2.24, 2.45) is 11.7 Å². The first-order chi connectivity index (χ1) is 6.11. The minimum Gasteiger partial charge on any atom is -0.379 e. The largest absolute Gasteiger partial charge is 0.379 e. The average Bonchev–Trinajstić information content (AvgIpc) is 2.08. The van der Waals surface area contributed by atoms with Crippen LogP contribution in [0.3, 0.4) is 0 Å². The summed E-state index contributed by atoms with van der Waals surface area (Å²) in [6.07, 6.45) is 0.822. The van der Waals surface area contributed by atoms with E-state index in [1.54, 1.807) is 0 Å². The zero-order valence-corrected chi connectivity index (χ0v) is 8.25. The van der Waals surface area contributed by atoms with Crippen molar-refractivity contribution in [3.05, 3.63) is 0 Å². The van der Waals surface area contributed by atoms with E-state index in [-0.39, 0.29) is 23.9 Å². The standard InChI is InChI=1S/C9H18N2O2/c1-6(2)9(12)11-8-5-13-4-3-7(8)10/h6-8H,3-5,10H2,1-2H3,(H,11,12). The predicted octanol–water partition coefficient (Wildman–Crippen LogP) is -0.125. The van der Waals surface area contributed by atoms with Crippen molar-refractivity contribution < 1.29 is 9.53 Å². The van der Waals surface area contributed by atoms with E-state index in [9.17, 15) is 4.79 Å². The van der Waals surface area contributed by atoms with E-state index in [1.807, 2.05) is 13.8 Å². The summed E-state index contributed by atoms with van der Waals surface area (Å²) in [6, 6.07) is 0.0279. The van der Waals surface area contributed by atoms with Crippen molar-refractivity contribution >= 4 is 5.91 Å². The van der Waals surface area contributed by atoms with Gasteiger partial charge in [0.05, 0.1) is 12.6 Å². The van der Waals surface area contributed by atoms with Gasteiger partial charge in [-0.15, -0.1) is 0 Å². The molecule has 2 unspecified atom stereocenters. The molecule has 4 heteroatoms. The molecule has 0 bridgehead atoms. The van der Waals surface area contributed by atoms with E-state index >= 15 is 0 Å². The first-order valence-corrected chi connectivity index (χ1v) is 4.75. The lowest BCUT2D eigenvalue weighted by Gasteiger charge is -2.29. The highest BCUT2D eigenvalue weighted by Crippen LogP contribution is 2.06. The molecule has 2 atom stereocenters. The van der Waals surface area contributed by atoms with Gasteiger partial charge in [0.15, 0.2) is 0 Å². The van der Waals surface area contributed by atoms with Crippen LogP contribution < -0.4 is 11.1 Å². The van der Waals surface area contributed by atoms with Crippen molar-refractivity contribution in [3.63, 3.8) is 0 Å². The third-order valence-electron chi connectivity index (χ3n) is 2.26. The number of nitrogens with two attached hydrogens (primary N) is 1. The maximum atomic E-state index is 11.3. The number of carbonyl (C=O) groups is 1. The lowest BCUT2D eigenvalue weighted by molar-refractivity contribution is -0.125. The van der Waals surface area contributed by atoms with Crippen molar-refractivity contribution in [1.82, 2.24) is 5.32 Å². The molecule has 0 aromatic heterocycles. The van der Waals surface area contributed by atoms with Crippen LogP contribution in [-0.2, 0) is 9.53 Å². The van der Waals surface area contributed by atoms with Gasteiger partial charge < -0.3 is 15.8 Å². The summed E-state index contributed by atoms with van der Waals surface area (Å²) in [5.41, 5.74) is 5.83. The van der Waals surface area contributed by atoms with Crippen LogP contribution in [0, 0.1) is 5.92 Å². The summed E-state index contributed by atoms with van der Waals surface area (Å²) < 4.78 is 5.24. The highest BCUT2D eigenvalue weighted by Gasteiger charge is 2.24. The Morgan fingerprint density at radius 3 is 2.85 bits per heavy atom. The normalized spacial score (nSPS) is 28.9. The van der Waals surface area contributed by atoms with Gasteiger partial charge in [-0.2, -0.15) is 0 Å². The first-order valence-electron chi connectivity index (χ1n) is 4.75. The second-order valence-corrected chi connectivity index (χ2v) is 3.80. The van der Waals surface area contributed by atoms with Crippen LogP contribution >= 0.6 is 0 Å². The molecular weight excluding hydrogens is 168 g/mol. The maximum absolute atomic E-state index is 11.3. The van der Waals surface area contributed by atoms with Gasteiger partial charge in [0.2, 0.25) is 5.91 Å². The minimum absolute atomic E-state index is 0.00845. The second-order valence-electron chi connectivity index (χ2n) is 3.80. The van der Waals surface area contributed by atoms with Crippen LogP contribution in [0.2, 0.25) is 0 Å². The van der Waals surface area contributed by atoms with Gasteiger partial charge in [-0.25, -0.2) is 0 Å². The molecular formula is C9H18N2O2. The molecule has 1 heterocycles. The molecule has 13 heavy (non-hydrogen) atoms. The molecule has 76 valence electrons. The lowest BCUT2D eigenvalue weighted by atomic mass is 10.0. The predicted molar refractivity (Wildman–Crippen MR) is 50.2 cm³/mol. The third-order valence-corrected chi connectivity index (χ3v) is 2.26. The van der Waals surface area contributed by atoms with Gasteiger partial charge in [0, 0.05) is 18.6 Å². The van der Waals surface area contributed by atoms with E-state index in [0.29, 0.717) is 13.2 Å². The smallest absolute Gasteiger partial charge is 0.222 e. The fourth-order valence-electron chi connectivity index (χ4n) is 1.25. The van der Waals surface area contributed by atoms with E-state index in [0.717, 1.165) is 6.42 Å². The molecule has 0 aliphatic carbocycles. The van der Waals surface area contributed by atoms with Crippen molar-refractivity contribution in [2.75, 3.05) is 13.2 Å². The van der Waals surface area contributed by atoms with E-state index in [4.69, 9.17) is 10.5 Å². The summed E-state index contributed by atoms with van der Waals surface area (Å²) in [5.74, 6) is 0.0556. The van der Waals surface area contributed by atoms with E-state index in [1.165, 1.54) is 0 Å². The zero-order chi connectivity index (χ0) is 9.84. The fraction of sp³-hybridized carbons (Fsp3) is 0.889. The summed E-state index contributed by atoms with van der Waals surface area (Å²) in [6.45, 7) is 4.98. The number of amides is 1. The molecule has 1 aliphatic heterocycles. The summed E-state index contributed by atoms with van der Waals surface area (Å²) in [5, 5.41) is 2.88. The van der Waals surface area contributed by atoms with Crippen LogP contribution in [0.1, 0.15) is 20.3 Å². The van der Waals surface area contributed by atoms with Gasteiger partial charge in [-0.1, -0.05) is 13.8 Å². The maximum Gasteiger partial charge on any atom is 0.222 e. The fourth-order valence-corrected chi connectivity index (χ4v) is 1.25. The Labute approximate surface area is 78.8 Å². The van der Waals surface area contributed by atoms with Crippen LogP contribution in [0.25, 0.3) is 0 Å². The van der Waals surface area contributed by atoms with Crippen LogP contribution in [0.4, 0.5) is 0 Å². The van der Waals surface area contributed by atoms with Crippen LogP contribution in [-0.4, -0.2) is 31.2 Å². The molecule has 1 saturated heterocycles. The monoisotopic (exact) mass is 186 g/mol. The summed E-state index contributed by atoms with van der Waals surface area (Å²) in [4.78, 5) is 11.3. The van der Waals surface area contributed by atoms with Crippen molar-refractivity contribution in [1.29, 1.82) is 0 Å². The number of carbonyl (C=O) groups excluding carboxylic acids is 1. The number of rotatable bonds is 2. The van der Waals surface area contributed by atoms with E-state index in [2.05, 4.69) is 5.32 Å². The Kier molecular flexibility index (Phi) is 3.69. The second kappa shape index (κ2) is 4.58. The van der Waals surface area contributed by atoms with Gasteiger partial charge in [-0.05, 0) is 6.42 Å². The summed E-state index contributed by atoms with van der Waals surface area (Å²) in [7, 11) is 0. The topological polar surface area (TPSA) is 64.3 Å². The number of hydrogen-bond acceptors (Lipinski definition) is 3. The Bertz CT molecular complexity index is 182. The molecule has 0 spiro atoms. The van der Waals surface area contributed by atoms with Gasteiger partial charge >= 0.3 is 0 Å². The third kappa shape index (κ3) is 2.97. The molecule has 3 N–H and O–H groups in total. The van der Waals surface area contributed by atoms with Crippen molar-refractivity contribution in [2.45, 2.75) is 32.4 Å². The van der Waals surface area contributed by atoms with Crippen LogP contribution in [0.5, 0.6) is 0 Å². The van der Waals surface area contributed by atoms with Gasteiger partial charge in [0.25, 0.3) is 0 Å². The molecule has 1 rings (SSSR count).